The predicted octanol–water partition coefficient (Wildman–Crippen LogP) is 5.23. The van der Waals surface area contributed by atoms with Crippen molar-refractivity contribution < 1.29 is 106 Å². The molecule has 1 fully saturated rings. The fraction of sp³-hybridized carbons (Fsp3) is 0.321. The molecule has 6 heterocycles. The van der Waals surface area contributed by atoms with Crippen molar-refractivity contribution in [2.75, 3.05) is 78.2 Å². The molecule has 3 amide bonds. The van der Waals surface area contributed by atoms with Crippen molar-refractivity contribution in [1.82, 2.24) is 32.6 Å². The average molecular weight is 1580 g/mol. The molecule has 6 aromatic rings. The van der Waals surface area contributed by atoms with Crippen LogP contribution in [-0.4, -0.2) is 181 Å². The average Bonchev–Trinajstić information content (AvgIpc) is 1.70. The minimum absolute atomic E-state index is 0. The van der Waals surface area contributed by atoms with Gasteiger partial charge in [0.05, 0.1) is 39.2 Å². The van der Waals surface area contributed by atoms with Gasteiger partial charge in [0.25, 0.3) is 22.0 Å². The van der Waals surface area contributed by atoms with E-state index in [4.69, 9.17) is 39.9 Å². The van der Waals surface area contributed by atoms with Crippen LogP contribution < -0.4 is 50.2 Å². The van der Waals surface area contributed by atoms with Gasteiger partial charge in [-0.25, -0.2) is 53.6 Å². The number of benzene rings is 3. The summed E-state index contributed by atoms with van der Waals surface area (Å²) in [6.07, 6.45) is 10.8. The number of aliphatic hydroxyl groups is 1. The van der Waals surface area contributed by atoms with E-state index in [-0.39, 0.29) is 141 Å². The third-order valence-corrected chi connectivity index (χ3v) is 21.8. The predicted molar refractivity (Wildman–Crippen MR) is 374 cm³/mol. The normalized spacial score (nSPS) is 16.7. The maximum Gasteiger partial charge on any atom is 1.00 e. The number of anilines is 3. The first-order valence-corrected chi connectivity index (χ1v) is 39.1. The largest absolute Gasteiger partial charge is 1.00 e. The molecule has 3 aromatic carbocycles. The van der Waals surface area contributed by atoms with Crippen molar-refractivity contribution in [3.8, 4) is 0 Å². The first kappa shape index (κ1) is 89.1. The number of carbonyl (C=O) groups excluding carboxylic acids is 3. The van der Waals surface area contributed by atoms with E-state index in [0.717, 1.165) is 56.7 Å². The molecule has 3 aliphatic heterocycles. The van der Waals surface area contributed by atoms with Crippen LogP contribution in [0.5, 0.6) is 0 Å². The monoisotopic (exact) mass is 1580 g/mol. The zero-order valence-corrected chi connectivity index (χ0v) is 60.6. The van der Waals surface area contributed by atoms with Crippen LogP contribution in [0.2, 0.25) is 15.1 Å². The molecule has 43 heteroatoms. The molecule has 1 saturated heterocycles. The third kappa shape index (κ3) is 25.7. The molecule has 9 rings (SSSR count). The van der Waals surface area contributed by atoms with Gasteiger partial charge in [-0.15, -0.1) is 42.8 Å². The van der Waals surface area contributed by atoms with Crippen molar-refractivity contribution in [2.45, 2.75) is 47.7 Å². The molecular formula is C53H65BCl3F3N12NaO14S9. The number of hydrogen-bond acceptors (Lipinski definition) is 21. The Morgan fingerprint density at radius 3 is 1.42 bits per heavy atom. The van der Waals surface area contributed by atoms with Gasteiger partial charge in [-0.1, -0.05) is 57.1 Å². The van der Waals surface area contributed by atoms with Crippen LogP contribution in [0.1, 0.15) is 58.1 Å². The number of allylic oxidation sites excluding steroid dienone is 2. The Labute approximate surface area is 613 Å². The molecule has 96 heavy (non-hydrogen) atoms. The van der Waals surface area contributed by atoms with E-state index in [1.165, 1.54) is 95.5 Å². The van der Waals surface area contributed by atoms with Gasteiger partial charge in [0.15, 0.2) is 0 Å². The molecule has 0 aliphatic carbocycles. The van der Waals surface area contributed by atoms with Crippen LogP contribution in [0.3, 0.4) is 0 Å². The Hall–Kier alpha value is -4.92. The van der Waals surface area contributed by atoms with Gasteiger partial charge in [-0.05, 0) is 86.3 Å². The summed E-state index contributed by atoms with van der Waals surface area (Å²) in [6, 6.07) is 8.71. The molecule has 5 N–H and O–H groups in total. The summed E-state index contributed by atoms with van der Waals surface area (Å²) in [6.45, 7) is 1.09. The second kappa shape index (κ2) is 39.2. The van der Waals surface area contributed by atoms with Gasteiger partial charge in [0.1, 0.15) is 81.0 Å². The molecule has 0 saturated carbocycles. The summed E-state index contributed by atoms with van der Waals surface area (Å²) in [4.78, 5) is 50.8. The van der Waals surface area contributed by atoms with Crippen molar-refractivity contribution in [1.29, 1.82) is 0 Å². The number of thiazole rings is 3. The Bertz CT molecular complexity index is 4370. The molecule has 521 valence electrons. The van der Waals surface area contributed by atoms with E-state index >= 15 is 0 Å². The summed E-state index contributed by atoms with van der Waals surface area (Å²) in [7, 11) is -19.7. The number of carbonyl (C=O) groups is 3. The van der Waals surface area contributed by atoms with Crippen molar-refractivity contribution >= 4 is 185 Å². The topological polar surface area (TPSA) is 363 Å². The van der Waals surface area contributed by atoms with Gasteiger partial charge in [-0.3, -0.25) is 14.4 Å². The minimum Gasteiger partial charge on any atom is -1.00 e. The van der Waals surface area contributed by atoms with E-state index in [0.29, 0.717) is 20.1 Å². The number of rotatable bonds is 18. The number of sulfone groups is 2. The second-order valence-corrected chi connectivity index (χ2v) is 32.7. The zero-order chi connectivity index (χ0) is 67.2. The first-order chi connectivity index (χ1) is 42.6. The van der Waals surface area contributed by atoms with Gasteiger partial charge in [0, 0.05) is 98.2 Å². The van der Waals surface area contributed by atoms with Gasteiger partial charge in [0.2, 0.25) is 5.91 Å². The quantitative estimate of drug-likeness (QED) is 0.0687. The maximum absolute atomic E-state index is 13.4. The second-order valence-electron chi connectivity index (χ2n) is 18.5. The number of thioether (sulfide) groups is 1. The van der Waals surface area contributed by atoms with Crippen LogP contribution >= 0.6 is 80.6 Å². The molecule has 3 aromatic heterocycles. The summed E-state index contributed by atoms with van der Waals surface area (Å²) in [5, 5.41) is 20.5. The number of aromatic nitrogens is 3. The Morgan fingerprint density at radius 2 is 1.05 bits per heavy atom. The van der Waals surface area contributed by atoms with Crippen LogP contribution in [0, 0.1) is 17.5 Å². The number of amides is 3. The van der Waals surface area contributed by atoms with E-state index in [1.54, 1.807) is 23.1 Å². The fourth-order valence-electron chi connectivity index (χ4n) is 7.67. The molecule has 26 nitrogen and oxygen atoms in total. The fourth-order valence-corrected chi connectivity index (χ4v) is 16.0. The van der Waals surface area contributed by atoms with E-state index < -0.39 is 122 Å². The Balaban J connectivity index is 0.00000135. The third-order valence-electron chi connectivity index (χ3n) is 11.7. The van der Waals surface area contributed by atoms with Crippen LogP contribution in [0.25, 0.3) is 0 Å². The summed E-state index contributed by atoms with van der Waals surface area (Å²) < 4.78 is 175. The molecular weight excluding hydrogens is 1510 g/mol. The Kier molecular flexibility index (Phi) is 36.4. The van der Waals surface area contributed by atoms with Crippen LogP contribution in [-0.2, 0) is 64.7 Å². The van der Waals surface area contributed by atoms with Gasteiger partial charge in [-0.2, -0.15) is 46.0 Å². The summed E-state index contributed by atoms with van der Waals surface area (Å²) >= 11 is 22.2. The summed E-state index contributed by atoms with van der Waals surface area (Å²) in [5.41, 5.74) is 0.0784. The number of nitrogens with zero attached hydrogens (tertiary/aromatic N) is 8. The first-order valence-electron chi connectivity index (χ1n) is 25.6. The number of hydrogen-bond donors (Lipinski definition) is 5. The standard InChI is InChI=1S/C16H18ClFN4O5S3.C16H14ClFN4O5S3.C16H14ClFN4O3S3.C2H6O.3CH4.B.Na.H/c2*1-29(24,25)7-5-22-14(15(23)20-10-2-3-12(18)11(17)8-10)9-13(21-30(22,26)27)16-19-4-6-28-16;1-26-7-5-22-14(15(23)20-10-2-3-12(18)11(17)8-10)9-13(21-28(22,24)25)16-19-4-6-27-16;1-2-3;;;;;;/h2-4,6,8,13-14,21H,5,7,9H2,1H3,(H,20,23);2-4,6,8-9H,5,7H2,1H3,(H,20,23);2-4,6,8-9H,5,7H2,1H3,(H,20,23);3H,2H2,1H3;3*1H4;;;/q;;;;;;;;+1;-1. The molecule has 0 spiro atoms. The van der Waals surface area contributed by atoms with E-state index in [9.17, 15) is 69.6 Å². The van der Waals surface area contributed by atoms with Crippen molar-refractivity contribution in [3.05, 3.63) is 160 Å². The van der Waals surface area contributed by atoms with E-state index in [1.807, 2.05) is 6.26 Å². The summed E-state index contributed by atoms with van der Waals surface area (Å²) in [5.74, 6) is -4.76. The minimum atomic E-state index is -4.41. The van der Waals surface area contributed by atoms with Crippen LogP contribution in [0.15, 0.2) is 122 Å². The molecule has 2 atom stereocenters. The van der Waals surface area contributed by atoms with Crippen molar-refractivity contribution in [3.63, 3.8) is 0 Å². The number of nitrogens with one attached hydrogen (secondary N) is 4. The zero-order valence-electron chi connectivity index (χ0n) is 50.0. The molecule has 3 aliphatic rings. The molecule has 0 bridgehead atoms. The van der Waals surface area contributed by atoms with Gasteiger partial charge < -0.3 is 22.5 Å². The number of aliphatic hydroxyl groups excluding tert-OH is 1. The Morgan fingerprint density at radius 1 is 0.667 bits per heavy atom. The smallest absolute Gasteiger partial charge is 1.00 e. The maximum atomic E-state index is 13.4. The molecule has 2 unspecified atom stereocenters. The van der Waals surface area contributed by atoms with E-state index in [2.05, 4.69) is 44.4 Å². The SMILES string of the molecule is C.C.C.CCO.CS(=O)(=O)CCN1C(C(=O)Nc2ccc(F)c(Cl)c2)=CC(c2nccs2)=NS1(=O)=O.CS(=O)(=O)CCN1C(C(=O)Nc2ccc(F)c(Cl)c2)CC(c2nccs2)NS1(=O)=O.CSCCN1C(C(=O)Nc2ccc(F)c(Cl)c2)=CC(c2nccs2)=NS1(=O)=O.[B].[H-].[Na+]. The molecule has 3 radical (unpaired) electrons. The number of halogens is 6. The van der Waals surface area contributed by atoms with Crippen molar-refractivity contribution in [2.24, 2.45) is 8.80 Å². The van der Waals surface area contributed by atoms with Crippen LogP contribution in [0.4, 0.5) is 30.2 Å². The van der Waals surface area contributed by atoms with Gasteiger partial charge >= 0.3 is 50.0 Å².